The van der Waals surface area contributed by atoms with Crippen LogP contribution in [0.15, 0.2) is 6.20 Å². The molecule has 120 valence electrons. The van der Waals surface area contributed by atoms with Crippen LogP contribution in [0.1, 0.15) is 52.1 Å². The van der Waals surface area contributed by atoms with Crippen LogP contribution in [0.5, 0.6) is 0 Å². The largest absolute Gasteiger partial charge is 0.341 e. The lowest BCUT2D eigenvalue weighted by Crippen LogP contribution is -2.35. The van der Waals surface area contributed by atoms with Gasteiger partial charge < -0.3 is 10.2 Å². The lowest BCUT2D eigenvalue weighted by molar-refractivity contribution is -0.132. The lowest BCUT2D eigenvalue weighted by Gasteiger charge is -2.22. The molecule has 6 heteroatoms. The van der Waals surface area contributed by atoms with E-state index in [1.54, 1.807) is 4.68 Å². The second-order valence-corrected chi connectivity index (χ2v) is 5.28. The SMILES string of the molecule is CCCCN(CCCC)C(=O)Cn1cc(CNCC)nn1. The first-order chi connectivity index (χ1) is 10.2. The van der Waals surface area contributed by atoms with Gasteiger partial charge in [-0.05, 0) is 19.4 Å². The minimum absolute atomic E-state index is 0.136. The van der Waals surface area contributed by atoms with Crippen molar-refractivity contribution >= 4 is 5.91 Å². The molecule has 21 heavy (non-hydrogen) atoms. The van der Waals surface area contributed by atoms with Crippen molar-refractivity contribution in [2.75, 3.05) is 19.6 Å². The fourth-order valence-electron chi connectivity index (χ4n) is 2.05. The van der Waals surface area contributed by atoms with Crippen LogP contribution < -0.4 is 5.32 Å². The predicted octanol–water partition coefficient (Wildman–Crippen LogP) is 1.82. The van der Waals surface area contributed by atoms with E-state index in [9.17, 15) is 4.79 Å². The molecule has 1 rings (SSSR count). The first-order valence-electron chi connectivity index (χ1n) is 8.08. The van der Waals surface area contributed by atoms with Gasteiger partial charge in [0.05, 0.1) is 11.9 Å². The van der Waals surface area contributed by atoms with E-state index in [4.69, 9.17) is 0 Å². The number of carbonyl (C=O) groups is 1. The van der Waals surface area contributed by atoms with Crippen LogP contribution in [0.2, 0.25) is 0 Å². The predicted molar refractivity (Wildman–Crippen MR) is 83.8 cm³/mol. The molecule has 1 aromatic rings. The Morgan fingerprint density at radius 2 is 1.90 bits per heavy atom. The van der Waals surface area contributed by atoms with Crippen LogP contribution in [-0.4, -0.2) is 45.4 Å². The van der Waals surface area contributed by atoms with Gasteiger partial charge in [-0.25, -0.2) is 4.68 Å². The second-order valence-electron chi connectivity index (χ2n) is 5.28. The molecule has 1 heterocycles. The average molecular weight is 295 g/mol. The Labute approximate surface area is 127 Å². The van der Waals surface area contributed by atoms with Gasteiger partial charge in [0.25, 0.3) is 0 Å². The van der Waals surface area contributed by atoms with Gasteiger partial charge in [-0.2, -0.15) is 0 Å². The molecule has 1 aromatic heterocycles. The van der Waals surface area contributed by atoms with Gasteiger partial charge in [0.1, 0.15) is 6.54 Å². The van der Waals surface area contributed by atoms with Gasteiger partial charge in [0.2, 0.25) is 5.91 Å². The molecule has 0 atom stereocenters. The topological polar surface area (TPSA) is 63.1 Å². The second kappa shape index (κ2) is 10.3. The molecule has 1 N–H and O–H groups in total. The van der Waals surface area contributed by atoms with Gasteiger partial charge in [-0.1, -0.05) is 38.8 Å². The monoisotopic (exact) mass is 295 g/mol. The minimum Gasteiger partial charge on any atom is -0.341 e. The Hall–Kier alpha value is -1.43. The minimum atomic E-state index is 0.136. The number of amides is 1. The molecule has 0 aliphatic carbocycles. The van der Waals surface area contributed by atoms with Gasteiger partial charge >= 0.3 is 0 Å². The zero-order valence-corrected chi connectivity index (χ0v) is 13.6. The van der Waals surface area contributed by atoms with Crippen molar-refractivity contribution in [2.24, 2.45) is 0 Å². The first-order valence-corrected chi connectivity index (χ1v) is 8.08. The molecule has 0 aromatic carbocycles. The third-order valence-corrected chi connectivity index (χ3v) is 3.36. The summed E-state index contributed by atoms with van der Waals surface area (Å²) in [5.74, 6) is 0.136. The number of hydrogen-bond acceptors (Lipinski definition) is 4. The molecule has 0 bridgehead atoms. The molecule has 0 aliphatic rings. The van der Waals surface area contributed by atoms with Crippen molar-refractivity contribution in [1.29, 1.82) is 0 Å². The van der Waals surface area contributed by atoms with Gasteiger partial charge in [-0.3, -0.25) is 4.79 Å². The fourth-order valence-corrected chi connectivity index (χ4v) is 2.05. The van der Waals surface area contributed by atoms with Crippen LogP contribution in [0, 0.1) is 0 Å². The summed E-state index contributed by atoms with van der Waals surface area (Å²) in [6.45, 7) is 9.90. The van der Waals surface area contributed by atoms with Crippen molar-refractivity contribution < 1.29 is 4.79 Å². The Kier molecular flexibility index (Phi) is 8.66. The molecule has 0 saturated carbocycles. The Morgan fingerprint density at radius 1 is 1.24 bits per heavy atom. The summed E-state index contributed by atoms with van der Waals surface area (Å²) >= 11 is 0. The van der Waals surface area contributed by atoms with E-state index in [0.29, 0.717) is 6.54 Å². The highest BCUT2D eigenvalue weighted by Gasteiger charge is 2.14. The third kappa shape index (κ3) is 6.71. The summed E-state index contributed by atoms with van der Waals surface area (Å²) in [4.78, 5) is 14.3. The van der Waals surface area contributed by atoms with Crippen LogP contribution in [0.4, 0.5) is 0 Å². The highest BCUT2D eigenvalue weighted by Crippen LogP contribution is 2.02. The summed E-state index contributed by atoms with van der Waals surface area (Å²) in [5.41, 5.74) is 0.873. The van der Waals surface area contributed by atoms with E-state index < -0.39 is 0 Å². The maximum atomic E-state index is 12.4. The zero-order valence-electron chi connectivity index (χ0n) is 13.6. The highest BCUT2D eigenvalue weighted by molar-refractivity contribution is 5.75. The van der Waals surface area contributed by atoms with E-state index >= 15 is 0 Å². The van der Waals surface area contributed by atoms with Gasteiger partial charge in [-0.15, -0.1) is 5.10 Å². The summed E-state index contributed by atoms with van der Waals surface area (Å²) in [6, 6.07) is 0. The third-order valence-electron chi connectivity index (χ3n) is 3.36. The summed E-state index contributed by atoms with van der Waals surface area (Å²) < 4.78 is 1.64. The van der Waals surface area contributed by atoms with E-state index in [1.807, 2.05) is 18.0 Å². The summed E-state index contributed by atoms with van der Waals surface area (Å²) in [6.07, 6.45) is 6.16. The van der Waals surface area contributed by atoms with E-state index in [0.717, 1.165) is 51.0 Å². The number of nitrogens with one attached hydrogen (secondary N) is 1. The van der Waals surface area contributed by atoms with Crippen molar-refractivity contribution in [1.82, 2.24) is 25.2 Å². The molecule has 6 nitrogen and oxygen atoms in total. The molecule has 0 saturated heterocycles. The molecule has 0 radical (unpaired) electrons. The van der Waals surface area contributed by atoms with Crippen molar-refractivity contribution in [3.05, 3.63) is 11.9 Å². The first kappa shape index (κ1) is 17.6. The molecule has 0 spiro atoms. The van der Waals surface area contributed by atoms with E-state index in [1.165, 1.54) is 0 Å². The van der Waals surface area contributed by atoms with Crippen molar-refractivity contribution in [3.8, 4) is 0 Å². The molecule has 0 unspecified atom stereocenters. The van der Waals surface area contributed by atoms with Crippen molar-refractivity contribution in [2.45, 2.75) is 59.5 Å². The maximum absolute atomic E-state index is 12.4. The van der Waals surface area contributed by atoms with E-state index in [2.05, 4.69) is 29.5 Å². The zero-order chi connectivity index (χ0) is 15.5. The van der Waals surface area contributed by atoms with Crippen LogP contribution in [-0.2, 0) is 17.9 Å². The highest BCUT2D eigenvalue weighted by atomic mass is 16.2. The number of unbranched alkanes of at least 4 members (excludes halogenated alkanes) is 2. The summed E-state index contributed by atoms with van der Waals surface area (Å²) in [7, 11) is 0. The van der Waals surface area contributed by atoms with E-state index in [-0.39, 0.29) is 12.5 Å². The Balaban J connectivity index is 2.52. The molecule has 1 amide bonds. The quantitative estimate of drug-likeness (QED) is 0.676. The van der Waals surface area contributed by atoms with Crippen LogP contribution in [0.25, 0.3) is 0 Å². The number of rotatable bonds is 11. The smallest absolute Gasteiger partial charge is 0.244 e. The van der Waals surface area contributed by atoms with Crippen LogP contribution >= 0.6 is 0 Å². The number of carbonyl (C=O) groups excluding carboxylic acids is 1. The van der Waals surface area contributed by atoms with Crippen molar-refractivity contribution in [3.63, 3.8) is 0 Å². The lowest BCUT2D eigenvalue weighted by atomic mass is 10.2. The normalized spacial score (nSPS) is 10.8. The molecule has 0 aliphatic heterocycles. The maximum Gasteiger partial charge on any atom is 0.244 e. The average Bonchev–Trinajstić information content (AvgIpc) is 2.92. The Bertz CT molecular complexity index is 397. The molecule has 0 fully saturated rings. The number of aromatic nitrogens is 3. The molecular weight excluding hydrogens is 266 g/mol. The number of hydrogen-bond donors (Lipinski definition) is 1. The van der Waals surface area contributed by atoms with Crippen LogP contribution in [0.3, 0.4) is 0 Å². The summed E-state index contributed by atoms with van der Waals surface area (Å²) in [5, 5.41) is 11.3. The Morgan fingerprint density at radius 3 is 2.48 bits per heavy atom. The standard InChI is InChI=1S/C15H29N5O/c1-4-7-9-19(10-8-5-2)15(21)13-20-12-14(17-18-20)11-16-6-3/h12,16H,4-11,13H2,1-3H3. The molecular formula is C15H29N5O. The van der Waals surface area contributed by atoms with Gasteiger partial charge in [0.15, 0.2) is 0 Å². The fraction of sp³-hybridized carbons (Fsp3) is 0.800. The van der Waals surface area contributed by atoms with Gasteiger partial charge in [0, 0.05) is 19.6 Å². The number of nitrogens with zero attached hydrogens (tertiary/aromatic N) is 4.